The predicted octanol–water partition coefficient (Wildman–Crippen LogP) is -3.06. The van der Waals surface area contributed by atoms with E-state index >= 15 is 0 Å². The molecule has 0 saturated carbocycles. The third-order valence-corrected chi connectivity index (χ3v) is 0. The van der Waals surface area contributed by atoms with E-state index in [9.17, 15) is 0 Å². The second-order valence-electron chi connectivity index (χ2n) is 0. The monoisotopic (exact) mass is 140 g/mol. The topological polar surface area (TPSA) is 28.5 Å². The second-order valence-corrected chi connectivity index (χ2v) is 0. The van der Waals surface area contributed by atoms with E-state index in [0.717, 1.165) is 0 Å². The first kappa shape index (κ1) is 30.5. The quantitative estimate of drug-likeness (QED) is 0.252. The number of hydrogen-bond donors (Lipinski definition) is 0. The van der Waals surface area contributed by atoms with Crippen LogP contribution in [0.4, 0.5) is 0 Å². The van der Waals surface area contributed by atoms with Gasteiger partial charge in [0.2, 0.25) is 0 Å². The van der Waals surface area contributed by atoms with Gasteiger partial charge in [-0.3, -0.25) is 0 Å². The van der Waals surface area contributed by atoms with Crippen LogP contribution in [-0.4, -0.2) is 0 Å². The minimum atomic E-state index is 0. The van der Waals surface area contributed by atoms with Gasteiger partial charge in [-0.25, -0.2) is 0 Å². The fraction of sp³-hybridized carbons (Fsp3) is 0. The standard InChI is InChI=1S/K.O.H3P.V/h;;1H3;/q+1;-2;;. The van der Waals surface area contributed by atoms with E-state index in [4.69, 9.17) is 0 Å². The van der Waals surface area contributed by atoms with Gasteiger partial charge in [-0.2, -0.15) is 9.90 Å². The summed E-state index contributed by atoms with van der Waals surface area (Å²) in [4.78, 5) is 0. The van der Waals surface area contributed by atoms with Crippen LogP contribution in [0.3, 0.4) is 0 Å². The third kappa shape index (κ3) is 8.82. The fourth-order valence-electron chi connectivity index (χ4n) is 0. The molecule has 0 N–H and O–H groups in total. The summed E-state index contributed by atoms with van der Waals surface area (Å²) in [7, 11) is 0. The van der Waals surface area contributed by atoms with Gasteiger partial charge in [0.05, 0.1) is 0 Å². The van der Waals surface area contributed by atoms with E-state index in [1.54, 1.807) is 0 Å². The van der Waals surface area contributed by atoms with Crippen LogP contribution in [0.5, 0.6) is 0 Å². The molecular formula is H3KOPV-. The number of hydrogen-bond acceptors (Lipinski definition) is 0. The molecule has 0 aliphatic heterocycles. The molecule has 4 heteroatoms. The van der Waals surface area contributed by atoms with Gasteiger partial charge in [0.25, 0.3) is 0 Å². The Hall–Kier alpha value is 2.61. The summed E-state index contributed by atoms with van der Waals surface area (Å²) in [5.41, 5.74) is 0. The van der Waals surface area contributed by atoms with Crippen molar-refractivity contribution in [3.8, 4) is 0 Å². The maximum atomic E-state index is 0. The van der Waals surface area contributed by atoms with Crippen LogP contribution in [0, 0.1) is 0 Å². The van der Waals surface area contributed by atoms with Crippen LogP contribution in [0.15, 0.2) is 0 Å². The van der Waals surface area contributed by atoms with Gasteiger partial charge in [0.1, 0.15) is 0 Å². The first-order valence-corrected chi connectivity index (χ1v) is 0. The maximum Gasteiger partial charge on any atom is 1.00 e. The van der Waals surface area contributed by atoms with Crippen LogP contribution >= 0.6 is 9.90 Å². The molecule has 1 radical (unpaired) electrons. The molecule has 0 bridgehead atoms. The van der Waals surface area contributed by atoms with Crippen molar-refractivity contribution in [1.29, 1.82) is 0 Å². The average Bonchev–Trinajstić information content (AvgIpc) is 0. The maximum absolute atomic E-state index is 0. The van der Waals surface area contributed by atoms with E-state index < -0.39 is 0 Å². The molecule has 0 aromatic heterocycles. The van der Waals surface area contributed by atoms with Crippen molar-refractivity contribution in [2.75, 3.05) is 0 Å². The molecule has 0 spiro atoms. The summed E-state index contributed by atoms with van der Waals surface area (Å²) in [6.07, 6.45) is 0. The Labute approximate surface area is 83.5 Å². The van der Waals surface area contributed by atoms with Crippen LogP contribution in [-0.2, 0) is 24.0 Å². The molecule has 4 heavy (non-hydrogen) atoms. The third-order valence-electron chi connectivity index (χ3n) is 0. The van der Waals surface area contributed by atoms with Crippen molar-refractivity contribution in [1.82, 2.24) is 0 Å². The van der Waals surface area contributed by atoms with Gasteiger partial charge in [0, 0.05) is 18.6 Å². The molecule has 0 aromatic rings. The smallest absolute Gasteiger partial charge is 1.00 e. The molecular weight excluding hydrogens is 137 g/mol. The Morgan fingerprint density at radius 1 is 1.00 bits per heavy atom. The average molecular weight is 140 g/mol. The molecule has 0 aromatic carbocycles. The molecule has 0 amide bonds. The van der Waals surface area contributed by atoms with Crippen LogP contribution in [0.2, 0.25) is 0 Å². The molecule has 0 heterocycles. The van der Waals surface area contributed by atoms with Crippen molar-refractivity contribution in [2.24, 2.45) is 0 Å². The zero-order chi connectivity index (χ0) is 0. The molecule has 0 saturated heterocycles. The first-order chi connectivity index (χ1) is 0. The zero-order valence-corrected chi connectivity index (χ0v) is 8.50. The van der Waals surface area contributed by atoms with Gasteiger partial charge in [0.15, 0.2) is 0 Å². The zero-order valence-electron chi connectivity index (χ0n) is 2.56. The molecule has 1 nitrogen and oxygen atoms in total. The van der Waals surface area contributed by atoms with E-state index in [2.05, 4.69) is 0 Å². The van der Waals surface area contributed by atoms with Gasteiger partial charge < -0.3 is 5.48 Å². The fourth-order valence-corrected chi connectivity index (χ4v) is 0. The van der Waals surface area contributed by atoms with Gasteiger partial charge >= 0.3 is 51.4 Å². The van der Waals surface area contributed by atoms with E-state index in [1.807, 2.05) is 0 Å². The molecule has 1 atom stereocenters. The summed E-state index contributed by atoms with van der Waals surface area (Å²) in [5.74, 6) is 0. The predicted molar refractivity (Wildman–Crippen MR) is 11.8 cm³/mol. The van der Waals surface area contributed by atoms with E-state index in [-0.39, 0.29) is 85.3 Å². The minimum Gasteiger partial charge on any atom is -2.00 e. The van der Waals surface area contributed by atoms with Crippen molar-refractivity contribution in [2.45, 2.75) is 0 Å². The minimum absolute atomic E-state index is 0. The summed E-state index contributed by atoms with van der Waals surface area (Å²) in [6.45, 7) is 0. The van der Waals surface area contributed by atoms with Crippen LogP contribution < -0.4 is 51.4 Å². The Bertz CT molecular complexity index is 8.00. The first-order valence-electron chi connectivity index (χ1n) is 0. The van der Waals surface area contributed by atoms with Crippen LogP contribution in [0.25, 0.3) is 0 Å². The Kier molecular flexibility index (Phi) is 134. The van der Waals surface area contributed by atoms with E-state index in [1.165, 1.54) is 0 Å². The molecule has 0 fully saturated rings. The normalized spacial score (nSPS) is 0. The molecule has 0 rings (SSSR count). The molecule has 21 valence electrons. The molecule has 0 aliphatic carbocycles. The van der Waals surface area contributed by atoms with Crippen molar-refractivity contribution < 1.29 is 75.4 Å². The van der Waals surface area contributed by atoms with Crippen molar-refractivity contribution >= 4 is 9.90 Å². The summed E-state index contributed by atoms with van der Waals surface area (Å²) >= 11 is 0. The number of rotatable bonds is 0. The second kappa shape index (κ2) is 17.5. The van der Waals surface area contributed by atoms with Gasteiger partial charge in [-0.05, 0) is 0 Å². The SMILES string of the molecule is P.[K+].[O-2].[V]. The van der Waals surface area contributed by atoms with Crippen molar-refractivity contribution in [3.05, 3.63) is 0 Å². The van der Waals surface area contributed by atoms with Gasteiger partial charge in [-0.1, -0.05) is 0 Å². The van der Waals surface area contributed by atoms with E-state index in [0.29, 0.717) is 0 Å². The Morgan fingerprint density at radius 3 is 1.00 bits per heavy atom. The Balaban J connectivity index is 0. The molecule has 1 unspecified atom stereocenters. The molecule has 0 aliphatic rings. The van der Waals surface area contributed by atoms with Crippen LogP contribution in [0.1, 0.15) is 0 Å². The van der Waals surface area contributed by atoms with Gasteiger partial charge in [-0.15, -0.1) is 0 Å². The summed E-state index contributed by atoms with van der Waals surface area (Å²) in [6, 6.07) is 0. The summed E-state index contributed by atoms with van der Waals surface area (Å²) in [5, 5.41) is 0. The largest absolute Gasteiger partial charge is 2.00 e. The summed E-state index contributed by atoms with van der Waals surface area (Å²) < 4.78 is 0. The Morgan fingerprint density at radius 2 is 1.00 bits per heavy atom. The van der Waals surface area contributed by atoms with Crippen molar-refractivity contribution in [3.63, 3.8) is 0 Å².